The topological polar surface area (TPSA) is 77.3 Å². The normalized spacial score (nSPS) is 11.4. The first-order chi connectivity index (χ1) is 6.75. The molecule has 0 radical (unpaired) electrons. The lowest BCUT2D eigenvalue weighted by Crippen LogP contribution is -2.02. The van der Waals surface area contributed by atoms with Gasteiger partial charge in [0.1, 0.15) is 5.02 Å². The Balaban J connectivity index is 3.76. The van der Waals surface area contributed by atoms with Crippen molar-refractivity contribution in [2.24, 2.45) is 0 Å². The highest BCUT2D eigenvalue weighted by Crippen LogP contribution is 2.35. The van der Waals surface area contributed by atoms with Gasteiger partial charge in [0.2, 0.25) is 0 Å². The van der Waals surface area contributed by atoms with Crippen molar-refractivity contribution in [3.63, 3.8) is 0 Å². The molecular weight excluding hydrogens is 265 g/mol. The molecular formula is C7H5Cl2NO4S. The van der Waals surface area contributed by atoms with E-state index < -0.39 is 24.6 Å². The Morgan fingerprint density at radius 3 is 2.27 bits per heavy atom. The van der Waals surface area contributed by atoms with Gasteiger partial charge in [-0.3, -0.25) is 10.1 Å². The van der Waals surface area contributed by atoms with Crippen LogP contribution in [0, 0.1) is 17.0 Å². The molecule has 5 nitrogen and oxygen atoms in total. The number of halogens is 2. The SMILES string of the molecule is Cc1ccc(Cl)c([N+](=O)[O-])c1S(=O)(=O)Cl. The smallest absolute Gasteiger partial charge is 0.258 e. The summed E-state index contributed by atoms with van der Waals surface area (Å²) in [6, 6.07) is 2.60. The Bertz CT molecular complexity index is 526. The predicted molar refractivity (Wildman–Crippen MR) is 55.9 cm³/mol. The van der Waals surface area contributed by atoms with Gasteiger partial charge < -0.3 is 0 Å². The van der Waals surface area contributed by atoms with E-state index >= 15 is 0 Å². The Labute approximate surface area is 95.2 Å². The summed E-state index contributed by atoms with van der Waals surface area (Å²) in [6.45, 7) is 1.40. The fourth-order valence-electron chi connectivity index (χ4n) is 1.13. The highest BCUT2D eigenvalue weighted by molar-refractivity contribution is 8.13. The molecule has 0 unspecified atom stereocenters. The second-order valence-corrected chi connectivity index (χ2v) is 5.65. The van der Waals surface area contributed by atoms with Gasteiger partial charge in [-0.1, -0.05) is 17.7 Å². The maximum Gasteiger partial charge on any atom is 0.307 e. The van der Waals surface area contributed by atoms with Crippen molar-refractivity contribution < 1.29 is 13.3 Å². The second kappa shape index (κ2) is 3.96. The van der Waals surface area contributed by atoms with E-state index in [0.717, 1.165) is 0 Å². The van der Waals surface area contributed by atoms with E-state index in [1.807, 2.05) is 0 Å². The van der Waals surface area contributed by atoms with E-state index in [1.54, 1.807) is 0 Å². The van der Waals surface area contributed by atoms with E-state index in [0.29, 0.717) is 0 Å². The molecule has 0 aliphatic carbocycles. The number of nitrogens with zero attached hydrogens (tertiary/aromatic N) is 1. The molecule has 1 aromatic rings. The van der Waals surface area contributed by atoms with Crippen molar-refractivity contribution in [2.75, 3.05) is 0 Å². The summed E-state index contributed by atoms with van der Waals surface area (Å²) in [4.78, 5) is 9.22. The molecule has 0 aliphatic rings. The molecule has 0 amide bonds. The predicted octanol–water partition coefficient (Wildman–Crippen LogP) is 2.48. The van der Waals surface area contributed by atoms with E-state index in [2.05, 4.69) is 0 Å². The Morgan fingerprint density at radius 2 is 1.93 bits per heavy atom. The number of nitro benzene ring substituents is 1. The van der Waals surface area contributed by atoms with Crippen molar-refractivity contribution in [2.45, 2.75) is 11.8 Å². The largest absolute Gasteiger partial charge is 0.307 e. The summed E-state index contributed by atoms with van der Waals surface area (Å²) in [5, 5.41) is 10.4. The van der Waals surface area contributed by atoms with Crippen molar-refractivity contribution in [3.8, 4) is 0 Å². The summed E-state index contributed by atoms with van der Waals surface area (Å²) in [5.74, 6) is 0. The van der Waals surface area contributed by atoms with Gasteiger partial charge in [0.15, 0.2) is 4.90 Å². The van der Waals surface area contributed by atoms with E-state index in [4.69, 9.17) is 22.3 Å². The van der Waals surface area contributed by atoms with Crippen molar-refractivity contribution in [3.05, 3.63) is 32.8 Å². The summed E-state index contributed by atoms with van der Waals surface area (Å²) < 4.78 is 22.3. The summed E-state index contributed by atoms with van der Waals surface area (Å²) in [5.41, 5.74) is -0.507. The fraction of sp³-hybridized carbons (Fsp3) is 0.143. The molecule has 1 aromatic carbocycles. The molecule has 15 heavy (non-hydrogen) atoms. The molecule has 0 saturated heterocycles. The van der Waals surface area contributed by atoms with Crippen LogP contribution < -0.4 is 0 Å². The summed E-state index contributed by atoms with van der Waals surface area (Å²) in [6.07, 6.45) is 0. The third kappa shape index (κ3) is 2.39. The molecule has 0 bridgehead atoms. The molecule has 0 spiro atoms. The number of nitro groups is 1. The first kappa shape index (κ1) is 12.2. The lowest BCUT2D eigenvalue weighted by molar-refractivity contribution is -0.387. The second-order valence-electron chi connectivity index (χ2n) is 2.74. The molecule has 82 valence electrons. The molecule has 0 atom stereocenters. The Hall–Kier alpha value is -0.850. The van der Waals surface area contributed by atoms with Gasteiger partial charge in [-0.25, -0.2) is 8.42 Å². The van der Waals surface area contributed by atoms with Gasteiger partial charge in [0.05, 0.1) is 4.92 Å². The lowest BCUT2D eigenvalue weighted by atomic mass is 10.2. The maximum atomic E-state index is 11.1. The zero-order chi connectivity index (χ0) is 11.8. The first-order valence-corrected chi connectivity index (χ1v) is 6.32. The van der Waals surface area contributed by atoms with Gasteiger partial charge in [-0.05, 0) is 18.6 Å². The van der Waals surface area contributed by atoms with Crippen molar-refractivity contribution >= 4 is 37.0 Å². The Morgan fingerprint density at radius 1 is 1.40 bits per heavy atom. The van der Waals surface area contributed by atoms with E-state index in [9.17, 15) is 18.5 Å². The number of hydrogen-bond acceptors (Lipinski definition) is 4. The highest BCUT2D eigenvalue weighted by atomic mass is 35.7. The molecule has 1 rings (SSSR count). The van der Waals surface area contributed by atoms with Gasteiger partial charge in [0.25, 0.3) is 9.05 Å². The summed E-state index contributed by atoms with van der Waals surface area (Å²) >= 11 is 5.54. The minimum atomic E-state index is -4.19. The molecule has 0 N–H and O–H groups in total. The van der Waals surface area contributed by atoms with Crippen LogP contribution in [0.2, 0.25) is 5.02 Å². The first-order valence-electron chi connectivity index (χ1n) is 3.63. The van der Waals surface area contributed by atoms with Gasteiger partial charge >= 0.3 is 5.69 Å². The minimum Gasteiger partial charge on any atom is -0.258 e. The number of aryl methyl sites for hydroxylation is 1. The van der Waals surface area contributed by atoms with Crippen LogP contribution in [-0.2, 0) is 9.05 Å². The number of hydrogen-bond donors (Lipinski definition) is 0. The fourth-order valence-corrected chi connectivity index (χ4v) is 2.86. The quantitative estimate of drug-likeness (QED) is 0.470. The van der Waals surface area contributed by atoms with Gasteiger partial charge in [0, 0.05) is 10.7 Å². The van der Waals surface area contributed by atoms with Crippen LogP contribution >= 0.6 is 22.3 Å². The number of rotatable bonds is 2. The van der Waals surface area contributed by atoms with Crippen molar-refractivity contribution in [1.29, 1.82) is 0 Å². The molecule has 0 aliphatic heterocycles. The van der Waals surface area contributed by atoms with Crippen molar-refractivity contribution in [1.82, 2.24) is 0 Å². The van der Waals surface area contributed by atoms with Crippen LogP contribution in [0.4, 0.5) is 5.69 Å². The monoisotopic (exact) mass is 269 g/mol. The molecule has 0 saturated carbocycles. The molecule has 0 heterocycles. The number of benzene rings is 1. The van der Waals surface area contributed by atoms with E-state index in [1.165, 1.54) is 19.1 Å². The van der Waals surface area contributed by atoms with Crippen LogP contribution in [0.15, 0.2) is 17.0 Å². The summed E-state index contributed by atoms with van der Waals surface area (Å²) in [7, 11) is 0.909. The van der Waals surface area contributed by atoms with Crippen LogP contribution in [-0.4, -0.2) is 13.3 Å². The maximum absolute atomic E-state index is 11.1. The highest BCUT2D eigenvalue weighted by Gasteiger charge is 2.29. The van der Waals surface area contributed by atoms with Gasteiger partial charge in [-0.2, -0.15) is 0 Å². The third-order valence-electron chi connectivity index (χ3n) is 1.71. The van der Waals surface area contributed by atoms with Crippen LogP contribution in [0.3, 0.4) is 0 Å². The standard InChI is InChI=1S/C7H5Cl2NO4S/c1-4-2-3-5(8)6(10(11)12)7(4)15(9,13)14/h2-3H,1H3. The Kier molecular flexibility index (Phi) is 3.22. The minimum absolute atomic E-state index is 0.182. The van der Waals surface area contributed by atoms with E-state index in [-0.39, 0.29) is 10.6 Å². The van der Waals surface area contributed by atoms with Crippen LogP contribution in [0.5, 0.6) is 0 Å². The van der Waals surface area contributed by atoms with Crippen LogP contribution in [0.25, 0.3) is 0 Å². The average molecular weight is 270 g/mol. The van der Waals surface area contributed by atoms with Gasteiger partial charge in [-0.15, -0.1) is 0 Å². The average Bonchev–Trinajstić information content (AvgIpc) is 2.05. The lowest BCUT2D eigenvalue weighted by Gasteiger charge is -2.04. The molecule has 0 aromatic heterocycles. The molecule has 8 heteroatoms. The third-order valence-corrected chi connectivity index (χ3v) is 3.48. The zero-order valence-electron chi connectivity index (χ0n) is 7.40. The zero-order valence-corrected chi connectivity index (χ0v) is 9.73. The molecule has 0 fully saturated rings. The van der Waals surface area contributed by atoms with Crippen LogP contribution in [0.1, 0.15) is 5.56 Å².